The van der Waals surface area contributed by atoms with E-state index in [1.165, 1.54) is 5.57 Å². The Bertz CT molecular complexity index is 175. The number of rotatable bonds is 1. The van der Waals surface area contributed by atoms with Gasteiger partial charge in [-0.2, -0.15) is 0 Å². The Morgan fingerprint density at radius 1 is 1.42 bits per heavy atom. The van der Waals surface area contributed by atoms with Gasteiger partial charge in [-0.3, -0.25) is 0 Å². The van der Waals surface area contributed by atoms with Crippen molar-refractivity contribution in [2.45, 2.75) is 45.3 Å². The van der Waals surface area contributed by atoms with Gasteiger partial charge in [0.05, 0.1) is 12.2 Å². The van der Waals surface area contributed by atoms with Crippen molar-refractivity contribution in [3.05, 3.63) is 11.6 Å². The second-order valence-corrected chi connectivity index (χ2v) is 3.60. The third-order valence-corrected chi connectivity index (χ3v) is 2.73. The highest BCUT2D eigenvalue weighted by atomic mass is 16.3. The fraction of sp³-hybridized carbons (Fsp3) is 0.800. The van der Waals surface area contributed by atoms with Crippen LogP contribution >= 0.6 is 0 Å². The quantitative estimate of drug-likeness (QED) is 0.585. The molecule has 0 aromatic rings. The van der Waals surface area contributed by atoms with E-state index < -0.39 is 0 Å². The lowest BCUT2D eigenvalue weighted by Gasteiger charge is -2.18. The summed E-state index contributed by atoms with van der Waals surface area (Å²) in [5.74, 6) is 0.215. The van der Waals surface area contributed by atoms with E-state index in [2.05, 4.69) is 6.92 Å². The number of aliphatic hydroxyl groups is 2. The summed E-state index contributed by atoms with van der Waals surface area (Å²) < 4.78 is 0. The van der Waals surface area contributed by atoms with Crippen molar-refractivity contribution < 1.29 is 10.2 Å². The fourth-order valence-corrected chi connectivity index (χ4v) is 1.76. The Kier molecular flexibility index (Phi) is 3.29. The van der Waals surface area contributed by atoms with Gasteiger partial charge in [-0.05, 0) is 19.3 Å². The highest BCUT2D eigenvalue weighted by Crippen LogP contribution is 2.26. The number of aliphatic hydroxyl groups excluding tert-OH is 2. The molecule has 2 heteroatoms. The monoisotopic (exact) mass is 170 g/mol. The SMILES string of the molecule is CCC1=C[C@H](O)CC[C@@H](O)C1C. The highest BCUT2D eigenvalue weighted by molar-refractivity contribution is 5.11. The van der Waals surface area contributed by atoms with Crippen molar-refractivity contribution in [1.29, 1.82) is 0 Å². The molecule has 0 spiro atoms. The van der Waals surface area contributed by atoms with Gasteiger partial charge in [-0.15, -0.1) is 0 Å². The van der Waals surface area contributed by atoms with Crippen LogP contribution in [-0.2, 0) is 0 Å². The van der Waals surface area contributed by atoms with E-state index in [1.807, 2.05) is 13.0 Å². The Balaban J connectivity index is 2.75. The lowest BCUT2D eigenvalue weighted by atomic mass is 9.93. The van der Waals surface area contributed by atoms with E-state index in [-0.39, 0.29) is 18.1 Å². The number of hydrogen-bond acceptors (Lipinski definition) is 2. The third-order valence-electron chi connectivity index (χ3n) is 2.73. The van der Waals surface area contributed by atoms with Gasteiger partial charge in [-0.25, -0.2) is 0 Å². The molecular weight excluding hydrogens is 152 g/mol. The standard InChI is InChI=1S/C10H18O2/c1-3-8-6-9(11)4-5-10(12)7(8)2/h6-7,9-12H,3-5H2,1-2H3/t7?,9-,10-/m1/s1. The summed E-state index contributed by atoms with van der Waals surface area (Å²) in [7, 11) is 0. The first-order valence-corrected chi connectivity index (χ1v) is 4.71. The Hall–Kier alpha value is -0.340. The minimum absolute atomic E-state index is 0.215. The minimum atomic E-state index is -0.348. The van der Waals surface area contributed by atoms with Crippen LogP contribution in [-0.4, -0.2) is 22.4 Å². The molecule has 0 radical (unpaired) electrons. The molecule has 2 nitrogen and oxygen atoms in total. The van der Waals surface area contributed by atoms with Crippen LogP contribution in [0.15, 0.2) is 11.6 Å². The van der Waals surface area contributed by atoms with Crippen LogP contribution in [0.4, 0.5) is 0 Å². The van der Waals surface area contributed by atoms with Gasteiger partial charge in [0.25, 0.3) is 0 Å². The summed E-state index contributed by atoms with van der Waals surface area (Å²) >= 11 is 0. The molecule has 0 amide bonds. The molecule has 0 saturated carbocycles. The maximum atomic E-state index is 9.63. The zero-order valence-corrected chi connectivity index (χ0v) is 7.83. The zero-order chi connectivity index (χ0) is 9.14. The summed E-state index contributed by atoms with van der Waals surface area (Å²) in [5, 5.41) is 19.1. The maximum absolute atomic E-state index is 9.63. The average Bonchev–Trinajstić information content (AvgIpc) is 2.18. The largest absolute Gasteiger partial charge is 0.393 e. The van der Waals surface area contributed by atoms with Crippen molar-refractivity contribution in [3.63, 3.8) is 0 Å². The van der Waals surface area contributed by atoms with Crippen LogP contribution in [0.1, 0.15) is 33.1 Å². The predicted molar refractivity (Wildman–Crippen MR) is 48.8 cm³/mol. The first kappa shape index (κ1) is 9.75. The molecule has 3 atom stereocenters. The smallest absolute Gasteiger partial charge is 0.0724 e. The molecule has 12 heavy (non-hydrogen) atoms. The van der Waals surface area contributed by atoms with Gasteiger partial charge >= 0.3 is 0 Å². The molecule has 0 heterocycles. The van der Waals surface area contributed by atoms with Gasteiger partial charge in [0, 0.05) is 5.92 Å². The van der Waals surface area contributed by atoms with E-state index in [0.29, 0.717) is 12.8 Å². The molecule has 0 aromatic carbocycles. The van der Waals surface area contributed by atoms with Gasteiger partial charge in [0.2, 0.25) is 0 Å². The van der Waals surface area contributed by atoms with Crippen LogP contribution in [0.25, 0.3) is 0 Å². The third kappa shape index (κ3) is 2.08. The van der Waals surface area contributed by atoms with Crippen LogP contribution in [0.2, 0.25) is 0 Å². The zero-order valence-electron chi connectivity index (χ0n) is 7.83. The summed E-state index contributed by atoms with van der Waals surface area (Å²) in [6.45, 7) is 4.09. The minimum Gasteiger partial charge on any atom is -0.393 e. The number of hydrogen-bond donors (Lipinski definition) is 2. The van der Waals surface area contributed by atoms with Crippen molar-refractivity contribution in [2.75, 3.05) is 0 Å². The van der Waals surface area contributed by atoms with Crippen molar-refractivity contribution in [2.24, 2.45) is 5.92 Å². The van der Waals surface area contributed by atoms with E-state index in [1.54, 1.807) is 0 Å². The first-order valence-electron chi connectivity index (χ1n) is 4.71. The molecule has 2 N–H and O–H groups in total. The lowest BCUT2D eigenvalue weighted by molar-refractivity contribution is 0.110. The van der Waals surface area contributed by atoms with Gasteiger partial charge < -0.3 is 10.2 Å². The highest BCUT2D eigenvalue weighted by Gasteiger charge is 2.22. The molecule has 70 valence electrons. The summed E-state index contributed by atoms with van der Waals surface area (Å²) in [6, 6.07) is 0. The van der Waals surface area contributed by atoms with Crippen LogP contribution in [0.3, 0.4) is 0 Å². The predicted octanol–water partition coefficient (Wildman–Crippen LogP) is 1.47. The Labute approximate surface area is 73.9 Å². The second kappa shape index (κ2) is 4.06. The maximum Gasteiger partial charge on any atom is 0.0724 e. The second-order valence-electron chi connectivity index (χ2n) is 3.60. The van der Waals surface area contributed by atoms with E-state index in [4.69, 9.17) is 0 Å². The van der Waals surface area contributed by atoms with Crippen LogP contribution in [0.5, 0.6) is 0 Å². The summed E-state index contributed by atoms with van der Waals surface area (Å²) in [5.41, 5.74) is 1.19. The normalized spacial score (nSPS) is 37.3. The topological polar surface area (TPSA) is 40.5 Å². The Morgan fingerprint density at radius 2 is 2.08 bits per heavy atom. The van der Waals surface area contributed by atoms with Crippen molar-refractivity contribution in [3.8, 4) is 0 Å². The molecule has 1 aliphatic carbocycles. The average molecular weight is 170 g/mol. The molecule has 0 fully saturated rings. The molecule has 0 bridgehead atoms. The molecule has 0 aliphatic heterocycles. The van der Waals surface area contributed by atoms with Crippen molar-refractivity contribution >= 4 is 0 Å². The van der Waals surface area contributed by atoms with Gasteiger partial charge in [0.15, 0.2) is 0 Å². The molecule has 1 aliphatic rings. The van der Waals surface area contributed by atoms with Gasteiger partial charge in [-0.1, -0.05) is 25.5 Å². The molecule has 1 unspecified atom stereocenters. The first-order chi connectivity index (χ1) is 5.65. The lowest BCUT2D eigenvalue weighted by Crippen LogP contribution is -2.17. The fourth-order valence-electron chi connectivity index (χ4n) is 1.76. The molecule has 1 rings (SSSR count). The molecular formula is C10H18O2. The molecule has 0 aromatic heterocycles. The Morgan fingerprint density at radius 3 is 2.67 bits per heavy atom. The van der Waals surface area contributed by atoms with Crippen LogP contribution < -0.4 is 0 Å². The summed E-state index contributed by atoms with van der Waals surface area (Å²) in [4.78, 5) is 0. The van der Waals surface area contributed by atoms with Crippen LogP contribution in [0, 0.1) is 5.92 Å². The van der Waals surface area contributed by atoms with E-state index in [9.17, 15) is 10.2 Å². The van der Waals surface area contributed by atoms with Gasteiger partial charge in [0.1, 0.15) is 0 Å². The molecule has 0 saturated heterocycles. The van der Waals surface area contributed by atoms with E-state index in [0.717, 1.165) is 6.42 Å². The summed E-state index contributed by atoms with van der Waals surface area (Å²) in [6.07, 6.45) is 3.61. The van der Waals surface area contributed by atoms with Crippen molar-refractivity contribution in [1.82, 2.24) is 0 Å². The van der Waals surface area contributed by atoms with E-state index >= 15 is 0 Å².